The molecule has 2 aromatic heterocycles. The highest BCUT2D eigenvalue weighted by Gasteiger charge is 2.23. The molecule has 4 rings (SSSR count). The predicted molar refractivity (Wildman–Crippen MR) is 117 cm³/mol. The van der Waals surface area contributed by atoms with Gasteiger partial charge in [0, 0.05) is 29.0 Å². The van der Waals surface area contributed by atoms with Gasteiger partial charge in [-0.1, -0.05) is 23.7 Å². The average molecular weight is 438 g/mol. The maximum absolute atomic E-state index is 14.8. The summed E-state index contributed by atoms with van der Waals surface area (Å²) in [6.07, 6.45) is 1.52. The van der Waals surface area contributed by atoms with E-state index in [-0.39, 0.29) is 22.0 Å². The summed E-state index contributed by atoms with van der Waals surface area (Å²) in [7, 11) is 3.04. The summed E-state index contributed by atoms with van der Waals surface area (Å²) >= 11 is 6.33. The molecule has 1 N–H and O–H groups in total. The van der Waals surface area contributed by atoms with E-state index >= 15 is 0 Å². The molecule has 0 fully saturated rings. The van der Waals surface area contributed by atoms with Crippen molar-refractivity contribution in [3.05, 3.63) is 82.1 Å². The normalized spacial score (nSPS) is 10.7. The summed E-state index contributed by atoms with van der Waals surface area (Å²) in [5, 5.41) is 6.79. The van der Waals surface area contributed by atoms with Crippen LogP contribution in [0.2, 0.25) is 5.15 Å². The lowest BCUT2D eigenvalue weighted by molar-refractivity contribution is 0.394. The minimum atomic E-state index is -0.494. The molecule has 6 nitrogen and oxygen atoms in total. The fourth-order valence-electron chi connectivity index (χ4n) is 3.36. The van der Waals surface area contributed by atoms with Crippen molar-refractivity contribution < 1.29 is 13.9 Å². The van der Waals surface area contributed by atoms with Gasteiger partial charge in [-0.2, -0.15) is 5.10 Å². The molecule has 0 saturated heterocycles. The lowest BCUT2D eigenvalue weighted by atomic mass is 9.92. The number of aromatic nitrogens is 3. The Hall–Kier alpha value is -3.71. The van der Waals surface area contributed by atoms with Gasteiger partial charge in [-0.3, -0.25) is 4.79 Å². The number of hydrogen-bond acceptors (Lipinski definition) is 5. The van der Waals surface area contributed by atoms with E-state index in [1.165, 1.54) is 26.5 Å². The number of nitrogens with zero attached hydrogens (tertiary/aromatic N) is 2. The number of benzene rings is 2. The van der Waals surface area contributed by atoms with Gasteiger partial charge >= 0.3 is 0 Å². The second kappa shape index (κ2) is 8.57. The van der Waals surface area contributed by atoms with E-state index < -0.39 is 11.4 Å². The molecule has 0 aliphatic rings. The number of hydrogen-bond donors (Lipinski definition) is 1. The van der Waals surface area contributed by atoms with Crippen molar-refractivity contribution in [1.29, 1.82) is 0 Å². The molecule has 0 spiro atoms. The van der Waals surface area contributed by atoms with Gasteiger partial charge in [0.05, 0.1) is 19.8 Å². The van der Waals surface area contributed by atoms with Gasteiger partial charge < -0.3 is 9.47 Å². The smallest absolute Gasteiger partial charge is 0.272 e. The monoisotopic (exact) mass is 437 g/mol. The molecule has 0 atom stereocenters. The van der Waals surface area contributed by atoms with E-state index in [2.05, 4.69) is 15.2 Å². The molecule has 31 heavy (non-hydrogen) atoms. The Bertz CT molecular complexity index is 1300. The maximum atomic E-state index is 14.8. The van der Waals surface area contributed by atoms with E-state index in [0.717, 1.165) is 0 Å². The van der Waals surface area contributed by atoms with Crippen molar-refractivity contribution in [2.24, 2.45) is 0 Å². The Morgan fingerprint density at radius 1 is 0.935 bits per heavy atom. The quantitative estimate of drug-likeness (QED) is 0.446. The SMILES string of the molecule is COc1cc(OC)cc(-c2c(-c3ccccc3F)n[nH]c(=O)c2-c2cccnc2Cl)c1. The number of nitrogens with one attached hydrogen (secondary N) is 1. The van der Waals surface area contributed by atoms with E-state index in [9.17, 15) is 9.18 Å². The van der Waals surface area contributed by atoms with Crippen molar-refractivity contribution in [3.8, 4) is 45.0 Å². The van der Waals surface area contributed by atoms with E-state index in [1.54, 1.807) is 48.5 Å². The fraction of sp³-hybridized carbons (Fsp3) is 0.0870. The fourth-order valence-corrected chi connectivity index (χ4v) is 3.57. The first kappa shape index (κ1) is 20.6. The molecule has 156 valence electrons. The van der Waals surface area contributed by atoms with Gasteiger partial charge in [0.1, 0.15) is 28.2 Å². The first-order chi connectivity index (χ1) is 15.0. The molecule has 0 aliphatic heterocycles. The molecular weight excluding hydrogens is 421 g/mol. The van der Waals surface area contributed by atoms with Gasteiger partial charge in [0.2, 0.25) is 0 Å². The Kier molecular flexibility index (Phi) is 5.68. The molecular formula is C23H17ClFN3O3. The van der Waals surface area contributed by atoms with Crippen LogP contribution in [0.5, 0.6) is 11.5 Å². The summed E-state index contributed by atoms with van der Waals surface area (Å²) in [6, 6.07) is 14.7. The predicted octanol–water partition coefficient (Wildman–Crippen LogP) is 4.98. The van der Waals surface area contributed by atoms with Crippen LogP contribution in [0, 0.1) is 5.82 Å². The zero-order chi connectivity index (χ0) is 22.0. The van der Waals surface area contributed by atoms with Crippen LogP contribution in [0.1, 0.15) is 0 Å². The van der Waals surface area contributed by atoms with Crippen molar-refractivity contribution in [2.75, 3.05) is 14.2 Å². The summed E-state index contributed by atoms with van der Waals surface area (Å²) in [4.78, 5) is 17.1. The molecule has 0 amide bonds. The van der Waals surface area contributed by atoms with Gasteiger partial charge in [-0.15, -0.1) is 0 Å². The first-order valence-corrected chi connectivity index (χ1v) is 9.63. The largest absolute Gasteiger partial charge is 0.497 e. The number of H-pyrrole nitrogens is 1. The van der Waals surface area contributed by atoms with Crippen LogP contribution < -0.4 is 15.0 Å². The molecule has 0 saturated carbocycles. The van der Waals surface area contributed by atoms with Crippen LogP contribution in [0.25, 0.3) is 33.5 Å². The highest BCUT2D eigenvalue weighted by atomic mass is 35.5. The third-order valence-corrected chi connectivity index (χ3v) is 5.08. The van der Waals surface area contributed by atoms with Crippen LogP contribution in [-0.2, 0) is 0 Å². The molecule has 8 heteroatoms. The highest BCUT2D eigenvalue weighted by Crippen LogP contribution is 2.41. The van der Waals surface area contributed by atoms with Crippen LogP contribution in [0.3, 0.4) is 0 Å². The minimum Gasteiger partial charge on any atom is -0.497 e. The Balaban J connectivity index is 2.16. The summed E-state index contributed by atoms with van der Waals surface area (Å²) in [5.41, 5.74) is 1.49. The minimum absolute atomic E-state index is 0.134. The molecule has 0 unspecified atom stereocenters. The molecule has 0 aliphatic carbocycles. The van der Waals surface area contributed by atoms with Crippen molar-refractivity contribution in [3.63, 3.8) is 0 Å². The van der Waals surface area contributed by atoms with Crippen molar-refractivity contribution in [1.82, 2.24) is 15.2 Å². The third-order valence-electron chi connectivity index (χ3n) is 4.78. The van der Waals surface area contributed by atoms with Gasteiger partial charge in [0.25, 0.3) is 5.56 Å². The number of halogens is 2. The number of ether oxygens (including phenoxy) is 2. The van der Waals surface area contributed by atoms with Crippen LogP contribution in [0.4, 0.5) is 4.39 Å². The zero-order valence-corrected chi connectivity index (χ0v) is 17.4. The lowest BCUT2D eigenvalue weighted by Crippen LogP contribution is -2.15. The summed E-state index contributed by atoms with van der Waals surface area (Å²) in [5.74, 6) is 0.510. The van der Waals surface area contributed by atoms with Crippen molar-refractivity contribution in [2.45, 2.75) is 0 Å². The van der Waals surface area contributed by atoms with Gasteiger partial charge in [0.15, 0.2) is 0 Å². The Morgan fingerprint density at radius 3 is 2.26 bits per heavy atom. The van der Waals surface area contributed by atoms with Gasteiger partial charge in [-0.05, 0) is 42.0 Å². The average Bonchev–Trinajstić information content (AvgIpc) is 2.79. The van der Waals surface area contributed by atoms with Crippen LogP contribution in [0.15, 0.2) is 65.6 Å². The zero-order valence-electron chi connectivity index (χ0n) is 16.6. The van der Waals surface area contributed by atoms with Crippen LogP contribution in [-0.4, -0.2) is 29.4 Å². The molecule has 0 radical (unpaired) electrons. The second-order valence-electron chi connectivity index (χ2n) is 6.57. The Morgan fingerprint density at radius 2 is 1.61 bits per heavy atom. The Labute approximate surface area is 182 Å². The van der Waals surface area contributed by atoms with E-state index in [0.29, 0.717) is 28.2 Å². The number of rotatable bonds is 5. The lowest BCUT2D eigenvalue weighted by Gasteiger charge is -2.16. The van der Waals surface area contributed by atoms with E-state index in [4.69, 9.17) is 21.1 Å². The molecule has 2 heterocycles. The van der Waals surface area contributed by atoms with Crippen molar-refractivity contribution >= 4 is 11.6 Å². The van der Waals surface area contributed by atoms with Gasteiger partial charge in [-0.25, -0.2) is 14.5 Å². The second-order valence-corrected chi connectivity index (χ2v) is 6.93. The number of methoxy groups -OCH3 is 2. The third kappa shape index (κ3) is 3.87. The number of pyridine rings is 1. The highest BCUT2D eigenvalue weighted by molar-refractivity contribution is 6.32. The molecule has 4 aromatic rings. The maximum Gasteiger partial charge on any atom is 0.272 e. The summed E-state index contributed by atoms with van der Waals surface area (Å²) < 4.78 is 25.5. The topological polar surface area (TPSA) is 77.1 Å². The molecule has 0 bridgehead atoms. The standard InChI is InChI=1S/C23H17ClFN3O3/c1-30-14-10-13(11-15(12-14)31-2)19-20(17-7-5-9-26-22(17)24)23(29)28-27-21(19)16-6-3-4-8-18(16)25/h3-12H,1-2H3,(H,28,29). The van der Waals surface area contributed by atoms with E-state index in [1.807, 2.05) is 0 Å². The number of aromatic amines is 1. The first-order valence-electron chi connectivity index (χ1n) is 9.25. The van der Waals surface area contributed by atoms with Crippen LogP contribution >= 0.6 is 11.6 Å². The molecule has 2 aromatic carbocycles. The summed E-state index contributed by atoms with van der Waals surface area (Å²) in [6.45, 7) is 0.